The minimum Gasteiger partial charge on any atom is -0.333 e. The minimum absolute atomic E-state index is 0.713. The van der Waals surface area contributed by atoms with Crippen molar-refractivity contribution in [3.05, 3.63) is 29.1 Å². The molecule has 0 N–H and O–H groups in total. The first-order valence-corrected chi connectivity index (χ1v) is 5.10. The molecule has 0 aliphatic rings. The van der Waals surface area contributed by atoms with Crippen LogP contribution in [0.3, 0.4) is 0 Å². The van der Waals surface area contributed by atoms with Crippen LogP contribution in [0.15, 0.2) is 29.1 Å². The van der Waals surface area contributed by atoms with Gasteiger partial charge >= 0.3 is 0 Å². The quantitative estimate of drug-likeness (QED) is 0.710. The van der Waals surface area contributed by atoms with Gasteiger partial charge in [0.05, 0.1) is 18.3 Å². The lowest BCUT2D eigenvalue weighted by atomic mass is 10.3. The topological polar surface area (TPSA) is 17.8 Å². The fraction of sp³-hybridized carbons (Fsp3) is 0.182. The highest BCUT2D eigenvalue weighted by molar-refractivity contribution is 9.10. The van der Waals surface area contributed by atoms with Gasteiger partial charge in [-0.1, -0.05) is 5.92 Å². The number of pyridine rings is 1. The van der Waals surface area contributed by atoms with Crippen molar-refractivity contribution >= 4 is 26.8 Å². The minimum atomic E-state index is 0.713. The van der Waals surface area contributed by atoms with Crippen LogP contribution in [-0.4, -0.2) is 9.55 Å². The molecule has 0 aliphatic heterocycles. The molecule has 0 bridgehead atoms. The van der Waals surface area contributed by atoms with Gasteiger partial charge in [-0.15, -0.1) is 5.92 Å². The van der Waals surface area contributed by atoms with Crippen molar-refractivity contribution in [3.8, 4) is 11.8 Å². The molecule has 14 heavy (non-hydrogen) atoms. The average Bonchev–Trinajstić information content (AvgIpc) is 2.54. The number of hydrogen-bond acceptors (Lipinski definition) is 1. The Kier molecular flexibility index (Phi) is 2.55. The maximum absolute atomic E-state index is 4.11. The van der Waals surface area contributed by atoms with E-state index in [1.807, 2.05) is 25.4 Å². The molecule has 0 radical (unpaired) electrons. The van der Waals surface area contributed by atoms with Gasteiger partial charge in [-0.25, -0.2) is 0 Å². The highest BCUT2D eigenvalue weighted by Gasteiger charge is 2.04. The molecule has 0 aliphatic carbocycles. The van der Waals surface area contributed by atoms with Crippen molar-refractivity contribution < 1.29 is 0 Å². The Morgan fingerprint density at radius 1 is 1.57 bits per heavy atom. The Morgan fingerprint density at radius 2 is 2.43 bits per heavy atom. The van der Waals surface area contributed by atoms with E-state index in [9.17, 15) is 0 Å². The molecule has 0 aromatic carbocycles. The summed E-state index contributed by atoms with van der Waals surface area (Å²) < 4.78 is 3.18. The Hall–Kier alpha value is -1.27. The Labute approximate surface area is 91.1 Å². The van der Waals surface area contributed by atoms with Crippen LogP contribution < -0.4 is 0 Å². The Bertz CT molecular complexity index is 517. The zero-order chi connectivity index (χ0) is 9.97. The van der Waals surface area contributed by atoms with Crippen molar-refractivity contribution in [1.29, 1.82) is 0 Å². The smallest absolute Gasteiger partial charge is 0.0838 e. The van der Waals surface area contributed by atoms with Crippen molar-refractivity contribution in [2.24, 2.45) is 0 Å². The van der Waals surface area contributed by atoms with Crippen molar-refractivity contribution in [2.45, 2.75) is 13.5 Å². The molecule has 3 heteroatoms. The molecule has 2 nitrogen and oxygen atoms in total. The van der Waals surface area contributed by atoms with Gasteiger partial charge in [0.1, 0.15) is 0 Å². The second-order valence-electron chi connectivity index (χ2n) is 2.92. The van der Waals surface area contributed by atoms with Gasteiger partial charge in [0, 0.05) is 22.3 Å². The Morgan fingerprint density at radius 3 is 3.21 bits per heavy atom. The third-order valence-electron chi connectivity index (χ3n) is 2.06. The van der Waals surface area contributed by atoms with E-state index in [0.29, 0.717) is 6.54 Å². The summed E-state index contributed by atoms with van der Waals surface area (Å²) in [5, 5.41) is 1.18. The van der Waals surface area contributed by atoms with E-state index in [0.717, 1.165) is 9.99 Å². The van der Waals surface area contributed by atoms with Gasteiger partial charge in [-0.05, 0) is 28.9 Å². The zero-order valence-electron chi connectivity index (χ0n) is 7.79. The number of aromatic nitrogens is 2. The van der Waals surface area contributed by atoms with Crippen LogP contribution in [0.2, 0.25) is 0 Å². The van der Waals surface area contributed by atoms with Crippen molar-refractivity contribution in [3.63, 3.8) is 0 Å². The molecule has 0 spiro atoms. The summed E-state index contributed by atoms with van der Waals surface area (Å²) in [7, 11) is 0. The molecular weight excluding hydrogens is 240 g/mol. The number of hydrogen-bond donors (Lipinski definition) is 0. The molecule has 2 aromatic heterocycles. The van der Waals surface area contributed by atoms with Crippen LogP contribution >= 0.6 is 15.9 Å². The molecule has 2 heterocycles. The molecular formula is C11H9BrN2. The van der Waals surface area contributed by atoms with Gasteiger partial charge in [-0.2, -0.15) is 0 Å². The van der Waals surface area contributed by atoms with Crippen LogP contribution in [0.4, 0.5) is 0 Å². The Balaban J connectivity index is 2.58. The van der Waals surface area contributed by atoms with Gasteiger partial charge in [-0.3, -0.25) is 4.98 Å². The summed E-state index contributed by atoms with van der Waals surface area (Å²) >= 11 is 3.51. The molecule has 2 rings (SSSR count). The molecule has 0 unspecified atom stereocenters. The first-order chi connectivity index (χ1) is 6.83. The molecule has 2 aromatic rings. The second kappa shape index (κ2) is 3.85. The van der Waals surface area contributed by atoms with Crippen LogP contribution in [0.5, 0.6) is 0 Å². The lowest BCUT2D eigenvalue weighted by molar-refractivity contribution is 0.881. The monoisotopic (exact) mass is 248 g/mol. The van der Waals surface area contributed by atoms with Crippen molar-refractivity contribution in [1.82, 2.24) is 9.55 Å². The van der Waals surface area contributed by atoms with Crippen LogP contribution in [-0.2, 0) is 6.54 Å². The summed E-state index contributed by atoms with van der Waals surface area (Å²) in [6, 6.07) is 2.00. The zero-order valence-corrected chi connectivity index (χ0v) is 9.37. The highest BCUT2D eigenvalue weighted by atomic mass is 79.9. The normalized spacial score (nSPS) is 9.86. The molecule has 0 saturated carbocycles. The third-order valence-corrected chi connectivity index (χ3v) is 2.69. The number of nitrogens with zero attached hydrogens (tertiary/aromatic N) is 2. The first-order valence-electron chi connectivity index (χ1n) is 4.31. The van der Waals surface area contributed by atoms with Gasteiger partial charge in [0.15, 0.2) is 0 Å². The summed E-state index contributed by atoms with van der Waals surface area (Å²) in [6.07, 6.45) is 5.69. The summed E-state index contributed by atoms with van der Waals surface area (Å²) in [6.45, 7) is 2.56. The van der Waals surface area contributed by atoms with E-state index in [4.69, 9.17) is 0 Å². The lowest BCUT2D eigenvalue weighted by Crippen LogP contribution is -1.92. The average molecular weight is 249 g/mol. The summed E-state index contributed by atoms with van der Waals surface area (Å²) in [5.74, 6) is 5.92. The number of fused-ring (bicyclic) bond motifs is 1. The van der Waals surface area contributed by atoms with Crippen LogP contribution in [0.25, 0.3) is 10.9 Å². The number of halogens is 1. The number of rotatable bonds is 1. The lowest BCUT2D eigenvalue weighted by Gasteiger charge is -1.97. The van der Waals surface area contributed by atoms with Gasteiger partial charge < -0.3 is 4.57 Å². The predicted molar refractivity (Wildman–Crippen MR) is 60.9 cm³/mol. The fourth-order valence-corrected chi connectivity index (χ4v) is 1.97. The van der Waals surface area contributed by atoms with Crippen LogP contribution in [0, 0.1) is 11.8 Å². The van der Waals surface area contributed by atoms with E-state index >= 15 is 0 Å². The molecule has 70 valence electrons. The first kappa shape index (κ1) is 9.29. The van der Waals surface area contributed by atoms with E-state index in [-0.39, 0.29) is 0 Å². The largest absolute Gasteiger partial charge is 0.333 e. The van der Waals surface area contributed by atoms with E-state index in [1.54, 1.807) is 6.20 Å². The van der Waals surface area contributed by atoms with E-state index < -0.39 is 0 Å². The molecule has 0 fully saturated rings. The van der Waals surface area contributed by atoms with Crippen LogP contribution in [0.1, 0.15) is 6.92 Å². The van der Waals surface area contributed by atoms with Crippen molar-refractivity contribution in [2.75, 3.05) is 0 Å². The molecule has 0 atom stereocenters. The highest BCUT2D eigenvalue weighted by Crippen LogP contribution is 2.24. The van der Waals surface area contributed by atoms with Gasteiger partial charge in [0.2, 0.25) is 0 Å². The maximum atomic E-state index is 4.11. The van der Waals surface area contributed by atoms with E-state index in [2.05, 4.69) is 37.3 Å². The fourth-order valence-electron chi connectivity index (χ4n) is 1.39. The standard InChI is InChI=1S/C11H9BrN2/c1-2-3-6-14-8-10(12)9-4-5-13-7-11(9)14/h4-5,7-8H,6H2,1H3. The SMILES string of the molecule is CC#CCn1cc(Br)c2ccncc21. The summed E-state index contributed by atoms with van der Waals surface area (Å²) in [4.78, 5) is 4.11. The molecule has 0 saturated heterocycles. The molecule has 0 amide bonds. The maximum Gasteiger partial charge on any atom is 0.0838 e. The van der Waals surface area contributed by atoms with E-state index in [1.165, 1.54) is 5.39 Å². The van der Waals surface area contributed by atoms with Gasteiger partial charge in [0.25, 0.3) is 0 Å². The third kappa shape index (κ3) is 1.53. The summed E-state index contributed by atoms with van der Waals surface area (Å²) in [5.41, 5.74) is 1.11. The second-order valence-corrected chi connectivity index (χ2v) is 3.78. The predicted octanol–water partition coefficient (Wildman–Crippen LogP) is 2.82.